The molecule has 0 aliphatic heterocycles. The number of hydrogen-bond acceptors (Lipinski definition) is 1. The van der Waals surface area contributed by atoms with Crippen LogP contribution in [0.2, 0.25) is 0 Å². The average molecular weight is 170 g/mol. The van der Waals surface area contributed by atoms with Crippen molar-refractivity contribution in [3.05, 3.63) is 23.0 Å². The zero-order valence-corrected chi connectivity index (χ0v) is 8.36. The van der Waals surface area contributed by atoms with E-state index in [1.807, 2.05) is 0 Å². The van der Waals surface area contributed by atoms with Crippen molar-refractivity contribution in [2.24, 2.45) is 0 Å². The second-order valence-corrected chi connectivity index (χ2v) is 3.27. The Hall–Kier alpha value is -0.170. The Bertz CT molecular complexity index is 100. The monoisotopic (exact) mass is 170 g/mol. The highest BCUT2D eigenvalue weighted by atomic mass is 32.2. The Morgan fingerprint density at radius 1 is 0.909 bits per heavy atom. The van der Waals surface area contributed by atoms with Crippen molar-refractivity contribution in [3.8, 4) is 0 Å². The lowest BCUT2D eigenvalue weighted by molar-refractivity contribution is 0.960. The largest absolute Gasteiger partial charge is 0.107 e. The summed E-state index contributed by atoms with van der Waals surface area (Å²) in [6.07, 6.45) is 9.34. The van der Waals surface area contributed by atoms with E-state index < -0.39 is 0 Å². The Labute approximate surface area is 74.8 Å². The third kappa shape index (κ3) is 9.83. The van der Waals surface area contributed by atoms with E-state index in [1.54, 1.807) is 11.8 Å². The molecule has 0 spiro atoms. The lowest BCUT2D eigenvalue weighted by Gasteiger charge is -1.84. The van der Waals surface area contributed by atoms with Gasteiger partial charge in [0.2, 0.25) is 0 Å². The molecule has 0 saturated carbocycles. The third-order valence-electron chi connectivity index (χ3n) is 1.26. The maximum atomic E-state index is 2.22. The third-order valence-corrected chi connectivity index (χ3v) is 1.96. The minimum atomic E-state index is 1.20. The van der Waals surface area contributed by atoms with Gasteiger partial charge in [-0.2, -0.15) is 0 Å². The van der Waals surface area contributed by atoms with Crippen molar-refractivity contribution in [2.45, 2.75) is 39.5 Å². The lowest BCUT2D eigenvalue weighted by atomic mass is 10.3. The Morgan fingerprint density at radius 3 is 1.73 bits per heavy atom. The van der Waals surface area contributed by atoms with Gasteiger partial charge in [0.15, 0.2) is 0 Å². The molecule has 0 radical (unpaired) electrons. The van der Waals surface area contributed by atoms with Crippen LogP contribution in [-0.4, -0.2) is 0 Å². The summed E-state index contributed by atoms with van der Waals surface area (Å²) in [5.74, 6) is 0. The lowest BCUT2D eigenvalue weighted by Crippen LogP contribution is -1.59. The van der Waals surface area contributed by atoms with Crippen molar-refractivity contribution in [1.82, 2.24) is 0 Å². The van der Waals surface area contributed by atoms with Crippen LogP contribution in [0, 0.1) is 0 Å². The van der Waals surface area contributed by atoms with Crippen molar-refractivity contribution in [2.75, 3.05) is 0 Å². The van der Waals surface area contributed by atoms with E-state index in [-0.39, 0.29) is 0 Å². The quantitative estimate of drug-likeness (QED) is 0.571. The van der Waals surface area contributed by atoms with E-state index in [4.69, 9.17) is 0 Å². The van der Waals surface area contributed by atoms with Crippen LogP contribution >= 0.6 is 11.8 Å². The molecule has 0 amide bonds. The molecule has 0 aromatic heterocycles. The standard InChI is InChI=1S/C10H18S/c1-3-5-7-9-11-10-8-6-4-2/h7-10H,3-6H2,1-2H3/b9-7+,10-8+. The summed E-state index contributed by atoms with van der Waals surface area (Å²) in [6.45, 7) is 4.39. The van der Waals surface area contributed by atoms with Crippen LogP contribution in [0.15, 0.2) is 23.0 Å². The normalized spacial score (nSPS) is 11.8. The smallest absolute Gasteiger partial charge is 0.0288 e. The first-order valence-electron chi connectivity index (χ1n) is 4.37. The van der Waals surface area contributed by atoms with Crippen LogP contribution in [0.25, 0.3) is 0 Å². The van der Waals surface area contributed by atoms with E-state index in [9.17, 15) is 0 Å². The van der Waals surface area contributed by atoms with Gasteiger partial charge in [-0.25, -0.2) is 0 Å². The molecule has 1 heteroatoms. The Kier molecular flexibility index (Phi) is 9.68. The first-order valence-corrected chi connectivity index (χ1v) is 5.31. The number of rotatable bonds is 6. The summed E-state index contributed by atoms with van der Waals surface area (Å²) >= 11 is 1.77. The average Bonchev–Trinajstić information content (AvgIpc) is 2.03. The van der Waals surface area contributed by atoms with Crippen LogP contribution < -0.4 is 0 Å². The van der Waals surface area contributed by atoms with Crippen LogP contribution in [-0.2, 0) is 0 Å². The van der Waals surface area contributed by atoms with Crippen molar-refractivity contribution in [3.63, 3.8) is 0 Å². The summed E-state index contributed by atoms with van der Waals surface area (Å²) < 4.78 is 0. The van der Waals surface area contributed by atoms with E-state index in [0.29, 0.717) is 0 Å². The molecular formula is C10H18S. The fourth-order valence-electron chi connectivity index (χ4n) is 0.626. The zero-order chi connectivity index (χ0) is 8.36. The molecule has 0 aromatic rings. The Morgan fingerprint density at radius 2 is 1.36 bits per heavy atom. The molecule has 0 aromatic carbocycles. The van der Waals surface area contributed by atoms with E-state index in [1.165, 1.54) is 25.7 Å². The molecule has 0 atom stereocenters. The molecule has 0 unspecified atom stereocenters. The molecule has 0 saturated heterocycles. The summed E-state index contributed by atoms with van der Waals surface area (Å²) in [5.41, 5.74) is 0. The maximum Gasteiger partial charge on any atom is -0.0288 e. The van der Waals surface area contributed by atoms with Gasteiger partial charge in [0, 0.05) is 0 Å². The summed E-state index contributed by atoms with van der Waals surface area (Å²) in [6, 6.07) is 0. The fraction of sp³-hybridized carbons (Fsp3) is 0.600. The van der Waals surface area contributed by atoms with Gasteiger partial charge in [0.1, 0.15) is 0 Å². The van der Waals surface area contributed by atoms with Gasteiger partial charge < -0.3 is 0 Å². The van der Waals surface area contributed by atoms with Crippen molar-refractivity contribution < 1.29 is 0 Å². The molecule has 64 valence electrons. The highest BCUT2D eigenvalue weighted by Gasteiger charge is 1.74. The first-order chi connectivity index (χ1) is 5.41. The summed E-state index contributed by atoms with van der Waals surface area (Å²) in [5, 5.41) is 4.32. The fourth-order valence-corrected chi connectivity index (χ4v) is 1.21. The number of unbranched alkanes of at least 4 members (excludes halogenated alkanes) is 2. The molecule has 0 bridgehead atoms. The van der Waals surface area contributed by atoms with Gasteiger partial charge in [0.25, 0.3) is 0 Å². The molecule has 0 rings (SSSR count). The highest BCUT2D eigenvalue weighted by molar-refractivity contribution is 8.04. The van der Waals surface area contributed by atoms with Crippen molar-refractivity contribution in [1.29, 1.82) is 0 Å². The SMILES string of the molecule is CCC/C=C/S/C=C/CCC. The molecule has 11 heavy (non-hydrogen) atoms. The van der Waals surface area contributed by atoms with Crippen molar-refractivity contribution >= 4 is 11.8 Å². The van der Waals surface area contributed by atoms with Crippen LogP contribution in [0.1, 0.15) is 39.5 Å². The second-order valence-electron chi connectivity index (χ2n) is 2.46. The van der Waals surface area contributed by atoms with Gasteiger partial charge in [0.05, 0.1) is 0 Å². The predicted molar refractivity (Wildman–Crippen MR) is 55.7 cm³/mol. The molecular weight excluding hydrogens is 152 g/mol. The minimum Gasteiger partial charge on any atom is -0.107 e. The summed E-state index contributed by atoms with van der Waals surface area (Å²) in [4.78, 5) is 0. The number of allylic oxidation sites excluding steroid dienone is 2. The van der Waals surface area contributed by atoms with Gasteiger partial charge in [-0.15, -0.1) is 11.8 Å². The van der Waals surface area contributed by atoms with E-state index >= 15 is 0 Å². The molecule has 0 N–H and O–H groups in total. The number of thioether (sulfide) groups is 1. The van der Waals surface area contributed by atoms with Crippen LogP contribution in [0.5, 0.6) is 0 Å². The Balaban J connectivity index is 3.11. The van der Waals surface area contributed by atoms with Crippen LogP contribution in [0.4, 0.5) is 0 Å². The zero-order valence-electron chi connectivity index (χ0n) is 7.55. The van der Waals surface area contributed by atoms with Gasteiger partial charge in [-0.1, -0.05) is 38.8 Å². The summed E-state index contributed by atoms with van der Waals surface area (Å²) in [7, 11) is 0. The second kappa shape index (κ2) is 9.83. The molecule has 0 aliphatic rings. The molecule has 0 heterocycles. The van der Waals surface area contributed by atoms with E-state index in [0.717, 1.165) is 0 Å². The highest BCUT2D eigenvalue weighted by Crippen LogP contribution is 2.06. The minimum absolute atomic E-state index is 1.20. The maximum absolute atomic E-state index is 2.22. The van der Waals surface area contributed by atoms with Gasteiger partial charge in [-0.3, -0.25) is 0 Å². The van der Waals surface area contributed by atoms with Gasteiger partial charge >= 0.3 is 0 Å². The number of hydrogen-bond donors (Lipinski definition) is 0. The first kappa shape index (κ1) is 10.8. The van der Waals surface area contributed by atoms with E-state index in [2.05, 4.69) is 36.8 Å². The molecule has 0 fully saturated rings. The topological polar surface area (TPSA) is 0 Å². The molecule has 0 aliphatic carbocycles. The van der Waals surface area contributed by atoms with Gasteiger partial charge in [-0.05, 0) is 23.7 Å². The predicted octanol–water partition coefficient (Wildman–Crippen LogP) is 4.35. The van der Waals surface area contributed by atoms with Crippen LogP contribution in [0.3, 0.4) is 0 Å². The molecule has 0 nitrogen and oxygen atoms in total.